The molecule has 0 radical (unpaired) electrons. The molecule has 0 saturated heterocycles. The molecule has 1 aromatic carbocycles. The Labute approximate surface area is 119 Å². The van der Waals surface area contributed by atoms with E-state index in [1.807, 2.05) is 0 Å². The second kappa shape index (κ2) is 6.33. The summed E-state index contributed by atoms with van der Waals surface area (Å²) < 4.78 is 0. The van der Waals surface area contributed by atoms with Gasteiger partial charge in [0.2, 0.25) is 0 Å². The SMILES string of the molecule is CC(C)N(CC(=O)O)C(=O)c1ccc(Cl)cc1[N+](=O)[O-]. The van der Waals surface area contributed by atoms with Crippen molar-refractivity contribution >= 4 is 29.2 Å². The van der Waals surface area contributed by atoms with E-state index in [-0.39, 0.29) is 10.6 Å². The number of carboxylic acids is 1. The van der Waals surface area contributed by atoms with E-state index in [0.717, 1.165) is 11.0 Å². The predicted molar refractivity (Wildman–Crippen MR) is 71.9 cm³/mol. The summed E-state index contributed by atoms with van der Waals surface area (Å²) in [7, 11) is 0. The smallest absolute Gasteiger partial charge is 0.323 e. The summed E-state index contributed by atoms with van der Waals surface area (Å²) in [5, 5.41) is 19.9. The standard InChI is InChI=1S/C12H13ClN2O5/c1-7(2)14(6-11(16)17)12(18)9-4-3-8(13)5-10(9)15(19)20/h3-5,7H,6H2,1-2H3,(H,16,17). The molecule has 0 aliphatic carbocycles. The van der Waals surface area contributed by atoms with Crippen molar-refractivity contribution < 1.29 is 19.6 Å². The fraction of sp³-hybridized carbons (Fsp3) is 0.333. The van der Waals surface area contributed by atoms with Crippen LogP contribution < -0.4 is 0 Å². The summed E-state index contributed by atoms with van der Waals surface area (Å²) in [6, 6.07) is 3.23. The first-order valence-corrected chi connectivity index (χ1v) is 6.08. The topological polar surface area (TPSA) is 101 Å². The molecule has 0 fully saturated rings. The number of hydrogen-bond acceptors (Lipinski definition) is 4. The van der Waals surface area contributed by atoms with Crippen molar-refractivity contribution in [2.24, 2.45) is 0 Å². The molecule has 0 bridgehead atoms. The Morgan fingerprint density at radius 3 is 2.50 bits per heavy atom. The average Bonchev–Trinajstić information content (AvgIpc) is 2.34. The van der Waals surface area contributed by atoms with Crippen molar-refractivity contribution in [3.63, 3.8) is 0 Å². The van der Waals surface area contributed by atoms with E-state index in [4.69, 9.17) is 16.7 Å². The molecule has 0 saturated carbocycles. The molecule has 0 heterocycles. The Bertz CT molecular complexity index is 559. The Balaban J connectivity index is 3.24. The molecule has 1 N–H and O–H groups in total. The van der Waals surface area contributed by atoms with Crippen molar-refractivity contribution in [3.8, 4) is 0 Å². The number of hydrogen-bond donors (Lipinski definition) is 1. The normalized spacial score (nSPS) is 10.4. The minimum atomic E-state index is -1.19. The van der Waals surface area contributed by atoms with Crippen molar-refractivity contribution in [2.75, 3.05) is 6.54 Å². The molecular weight excluding hydrogens is 288 g/mol. The molecule has 0 unspecified atom stereocenters. The lowest BCUT2D eigenvalue weighted by Crippen LogP contribution is -2.40. The molecule has 8 heteroatoms. The molecule has 20 heavy (non-hydrogen) atoms. The van der Waals surface area contributed by atoms with E-state index >= 15 is 0 Å². The van der Waals surface area contributed by atoms with E-state index in [0.29, 0.717) is 0 Å². The van der Waals surface area contributed by atoms with Crippen LogP contribution >= 0.6 is 11.6 Å². The molecule has 108 valence electrons. The number of nitro benzene ring substituents is 1. The predicted octanol–water partition coefficient (Wildman–Crippen LogP) is 2.18. The molecule has 0 atom stereocenters. The van der Waals surface area contributed by atoms with Gasteiger partial charge in [-0.25, -0.2) is 0 Å². The number of carbonyl (C=O) groups excluding carboxylic acids is 1. The Morgan fingerprint density at radius 2 is 2.05 bits per heavy atom. The van der Waals surface area contributed by atoms with E-state index in [9.17, 15) is 19.7 Å². The first-order chi connectivity index (χ1) is 9.23. The molecular formula is C12H13ClN2O5. The quantitative estimate of drug-likeness (QED) is 0.663. The van der Waals surface area contributed by atoms with Gasteiger partial charge in [-0.05, 0) is 26.0 Å². The van der Waals surface area contributed by atoms with E-state index < -0.39 is 35.1 Å². The molecule has 0 aliphatic rings. The maximum atomic E-state index is 12.3. The third-order valence-corrected chi connectivity index (χ3v) is 2.81. The molecule has 1 rings (SSSR count). The molecule has 0 aromatic heterocycles. The van der Waals surface area contributed by atoms with E-state index in [1.54, 1.807) is 13.8 Å². The van der Waals surface area contributed by atoms with Gasteiger partial charge in [0.05, 0.1) is 4.92 Å². The molecule has 0 spiro atoms. The monoisotopic (exact) mass is 300 g/mol. The lowest BCUT2D eigenvalue weighted by atomic mass is 10.1. The second-order valence-electron chi connectivity index (χ2n) is 4.34. The van der Waals surface area contributed by atoms with Crippen LogP contribution in [0.15, 0.2) is 18.2 Å². The van der Waals surface area contributed by atoms with Gasteiger partial charge in [-0.15, -0.1) is 0 Å². The van der Waals surface area contributed by atoms with Crippen LogP contribution in [0.3, 0.4) is 0 Å². The summed E-state index contributed by atoms with van der Waals surface area (Å²) in [5.74, 6) is -1.91. The number of rotatable bonds is 5. The van der Waals surface area contributed by atoms with Crippen LogP contribution in [0, 0.1) is 10.1 Å². The summed E-state index contributed by atoms with van der Waals surface area (Å²) in [6.07, 6.45) is 0. The highest BCUT2D eigenvalue weighted by Gasteiger charge is 2.27. The molecule has 1 aromatic rings. The Morgan fingerprint density at radius 1 is 1.45 bits per heavy atom. The zero-order valence-corrected chi connectivity index (χ0v) is 11.6. The number of carboxylic acid groups (broad SMARTS) is 1. The van der Waals surface area contributed by atoms with Crippen LogP contribution in [-0.2, 0) is 4.79 Å². The first-order valence-electron chi connectivity index (χ1n) is 5.70. The highest BCUT2D eigenvalue weighted by molar-refractivity contribution is 6.31. The van der Waals surface area contributed by atoms with Crippen molar-refractivity contribution in [1.82, 2.24) is 4.90 Å². The fourth-order valence-corrected chi connectivity index (χ4v) is 1.79. The van der Waals surface area contributed by atoms with Gasteiger partial charge in [0, 0.05) is 17.1 Å². The third kappa shape index (κ3) is 3.67. The van der Waals surface area contributed by atoms with Crippen molar-refractivity contribution in [1.29, 1.82) is 0 Å². The van der Waals surface area contributed by atoms with Gasteiger partial charge in [-0.1, -0.05) is 11.6 Å². The lowest BCUT2D eigenvalue weighted by Gasteiger charge is -2.24. The second-order valence-corrected chi connectivity index (χ2v) is 4.78. The molecule has 7 nitrogen and oxygen atoms in total. The maximum absolute atomic E-state index is 12.3. The summed E-state index contributed by atoms with van der Waals surface area (Å²) in [4.78, 5) is 34.3. The number of benzene rings is 1. The van der Waals surface area contributed by atoms with Crippen LogP contribution in [0.25, 0.3) is 0 Å². The van der Waals surface area contributed by atoms with Crippen molar-refractivity contribution in [2.45, 2.75) is 19.9 Å². The van der Waals surface area contributed by atoms with E-state index in [2.05, 4.69) is 0 Å². The van der Waals surface area contributed by atoms with Gasteiger partial charge < -0.3 is 10.0 Å². The van der Waals surface area contributed by atoms with Gasteiger partial charge >= 0.3 is 5.97 Å². The minimum absolute atomic E-state index is 0.127. The van der Waals surface area contributed by atoms with Gasteiger partial charge in [-0.2, -0.15) is 0 Å². The van der Waals surface area contributed by atoms with Gasteiger partial charge in [0.15, 0.2) is 0 Å². The van der Waals surface area contributed by atoms with E-state index in [1.165, 1.54) is 12.1 Å². The fourth-order valence-electron chi connectivity index (χ4n) is 1.63. The number of nitro groups is 1. The van der Waals surface area contributed by atoms with Crippen LogP contribution in [-0.4, -0.2) is 39.4 Å². The number of halogens is 1. The lowest BCUT2D eigenvalue weighted by molar-refractivity contribution is -0.385. The van der Waals surface area contributed by atoms with Crippen LogP contribution in [0.1, 0.15) is 24.2 Å². The summed E-state index contributed by atoms with van der Waals surface area (Å²) in [6.45, 7) is 2.72. The van der Waals surface area contributed by atoms with Crippen LogP contribution in [0.4, 0.5) is 5.69 Å². The number of amides is 1. The van der Waals surface area contributed by atoms with Crippen LogP contribution in [0.5, 0.6) is 0 Å². The zero-order chi connectivity index (χ0) is 15.4. The van der Waals surface area contributed by atoms with Crippen LogP contribution in [0.2, 0.25) is 5.02 Å². The van der Waals surface area contributed by atoms with Gasteiger partial charge in [-0.3, -0.25) is 19.7 Å². The summed E-state index contributed by atoms with van der Waals surface area (Å²) >= 11 is 5.67. The highest BCUT2D eigenvalue weighted by atomic mass is 35.5. The Kier molecular flexibility index (Phi) is 5.04. The number of aliphatic carboxylic acids is 1. The Hall–Kier alpha value is -2.15. The highest BCUT2D eigenvalue weighted by Crippen LogP contribution is 2.25. The third-order valence-electron chi connectivity index (χ3n) is 2.58. The van der Waals surface area contributed by atoms with Gasteiger partial charge in [0.1, 0.15) is 12.1 Å². The van der Waals surface area contributed by atoms with Crippen molar-refractivity contribution in [3.05, 3.63) is 38.9 Å². The first kappa shape index (κ1) is 15.9. The molecule has 0 aliphatic heterocycles. The molecule has 1 amide bonds. The summed E-state index contributed by atoms with van der Waals surface area (Å²) in [5.41, 5.74) is -0.632. The van der Waals surface area contributed by atoms with Gasteiger partial charge in [0.25, 0.3) is 11.6 Å². The average molecular weight is 301 g/mol. The number of nitrogens with zero attached hydrogens (tertiary/aromatic N) is 2. The number of carbonyl (C=O) groups is 2. The largest absolute Gasteiger partial charge is 0.480 e. The minimum Gasteiger partial charge on any atom is -0.480 e. The maximum Gasteiger partial charge on any atom is 0.323 e. The zero-order valence-electron chi connectivity index (χ0n) is 10.9.